The molecule has 10 nitrogen and oxygen atoms in total. The number of amides is 2. The number of carbonyl (C=O) groups is 2. The van der Waals surface area contributed by atoms with Crippen LogP contribution in [0.1, 0.15) is 76.3 Å². The van der Waals surface area contributed by atoms with Crippen molar-refractivity contribution in [1.82, 2.24) is 15.6 Å². The van der Waals surface area contributed by atoms with Gasteiger partial charge in [-0.3, -0.25) is 9.79 Å². The summed E-state index contributed by atoms with van der Waals surface area (Å²) in [4.78, 5) is 34.0. The van der Waals surface area contributed by atoms with Crippen molar-refractivity contribution in [2.24, 2.45) is 22.4 Å². The number of guanidine groups is 1. The number of nitrogens with zero attached hydrogens (tertiary/aromatic N) is 2. The highest BCUT2D eigenvalue weighted by atomic mass is 16.6. The van der Waals surface area contributed by atoms with Crippen LogP contribution in [0.5, 0.6) is 0 Å². The standard InChI is InChI=1S/C25H38N6O4/c1-16(2)15-18(30-24(33)35-25(3,4)5)22-31-19(20(34-22)17-11-7-6-8-12-17)21(32)28-13-9-10-14-29-23(26)27/h6-8,11-12,16,18H,9-10,13-15H2,1-5H3,(H,28,32)(H,30,33)(H4,26,27,29). The third-order valence-electron chi connectivity index (χ3n) is 4.76. The van der Waals surface area contributed by atoms with Gasteiger partial charge in [-0.05, 0) is 46.0 Å². The molecule has 0 saturated heterocycles. The van der Waals surface area contributed by atoms with Gasteiger partial charge in [0.25, 0.3) is 5.91 Å². The van der Waals surface area contributed by atoms with Gasteiger partial charge in [0, 0.05) is 18.7 Å². The molecular weight excluding hydrogens is 448 g/mol. The molecule has 0 bridgehead atoms. The molecule has 35 heavy (non-hydrogen) atoms. The molecular formula is C25H38N6O4. The predicted octanol–water partition coefficient (Wildman–Crippen LogP) is 3.74. The van der Waals surface area contributed by atoms with E-state index < -0.39 is 17.7 Å². The Bertz CT molecular complexity index is 991. The minimum atomic E-state index is -0.648. The SMILES string of the molecule is CC(C)CC(NC(=O)OC(C)(C)C)c1nc(C(=O)NCCCCN=C(N)N)c(-c2ccccc2)o1. The first-order valence-electron chi connectivity index (χ1n) is 11.9. The first-order valence-corrected chi connectivity index (χ1v) is 11.9. The van der Waals surface area contributed by atoms with E-state index in [1.165, 1.54) is 0 Å². The molecule has 2 rings (SSSR count). The summed E-state index contributed by atoms with van der Waals surface area (Å²) < 4.78 is 11.5. The lowest BCUT2D eigenvalue weighted by atomic mass is 10.0. The van der Waals surface area contributed by atoms with Gasteiger partial charge >= 0.3 is 6.09 Å². The summed E-state index contributed by atoms with van der Waals surface area (Å²) in [6.07, 6.45) is 1.41. The van der Waals surface area contributed by atoms with E-state index in [-0.39, 0.29) is 29.4 Å². The van der Waals surface area contributed by atoms with Gasteiger partial charge < -0.3 is 31.3 Å². The van der Waals surface area contributed by atoms with Crippen LogP contribution in [0.2, 0.25) is 0 Å². The van der Waals surface area contributed by atoms with Crippen molar-refractivity contribution < 1.29 is 18.7 Å². The van der Waals surface area contributed by atoms with Crippen LogP contribution in [0.4, 0.5) is 4.79 Å². The molecule has 0 aliphatic rings. The molecule has 10 heteroatoms. The molecule has 192 valence electrons. The van der Waals surface area contributed by atoms with E-state index in [2.05, 4.69) is 20.6 Å². The number of oxazole rings is 1. The normalized spacial score (nSPS) is 12.2. The summed E-state index contributed by atoms with van der Waals surface area (Å²) in [5, 5.41) is 5.72. The van der Waals surface area contributed by atoms with Crippen LogP contribution < -0.4 is 22.1 Å². The molecule has 0 aliphatic carbocycles. The first kappa shape index (κ1) is 27.7. The topological polar surface area (TPSA) is 158 Å². The van der Waals surface area contributed by atoms with Crippen LogP contribution in [0.15, 0.2) is 39.7 Å². The maximum atomic E-state index is 13.0. The summed E-state index contributed by atoms with van der Waals surface area (Å²) in [5.74, 6) is 0.512. The number of rotatable bonds is 11. The van der Waals surface area contributed by atoms with Crippen LogP contribution >= 0.6 is 0 Å². The van der Waals surface area contributed by atoms with Gasteiger partial charge in [0.1, 0.15) is 11.6 Å². The predicted molar refractivity (Wildman–Crippen MR) is 136 cm³/mol. The number of carbonyl (C=O) groups excluding carboxylic acids is 2. The van der Waals surface area contributed by atoms with Gasteiger partial charge in [0.15, 0.2) is 17.4 Å². The molecule has 1 atom stereocenters. The number of hydrogen-bond donors (Lipinski definition) is 4. The van der Waals surface area contributed by atoms with Crippen LogP contribution in [0.3, 0.4) is 0 Å². The Morgan fingerprint density at radius 2 is 1.83 bits per heavy atom. The second-order valence-electron chi connectivity index (χ2n) is 9.69. The zero-order chi connectivity index (χ0) is 26.0. The molecule has 1 aromatic carbocycles. The zero-order valence-electron chi connectivity index (χ0n) is 21.3. The van der Waals surface area contributed by atoms with E-state index >= 15 is 0 Å². The largest absolute Gasteiger partial charge is 0.444 e. The van der Waals surface area contributed by atoms with Crippen molar-refractivity contribution in [3.8, 4) is 11.3 Å². The molecule has 0 fully saturated rings. The van der Waals surface area contributed by atoms with Gasteiger partial charge in [-0.2, -0.15) is 0 Å². The number of hydrogen-bond acceptors (Lipinski definition) is 6. The highest BCUT2D eigenvalue weighted by Gasteiger charge is 2.28. The van der Waals surface area contributed by atoms with Gasteiger partial charge in [0.05, 0.1) is 0 Å². The smallest absolute Gasteiger partial charge is 0.408 e. The van der Waals surface area contributed by atoms with E-state index in [4.69, 9.17) is 20.6 Å². The summed E-state index contributed by atoms with van der Waals surface area (Å²) in [7, 11) is 0. The minimum absolute atomic E-state index is 0.0487. The van der Waals surface area contributed by atoms with Crippen molar-refractivity contribution in [2.75, 3.05) is 13.1 Å². The summed E-state index contributed by atoms with van der Waals surface area (Å²) in [6, 6.07) is 8.71. The Morgan fingerprint density at radius 3 is 2.43 bits per heavy atom. The molecule has 6 N–H and O–H groups in total. The molecule has 0 saturated carbocycles. The lowest BCUT2D eigenvalue weighted by Gasteiger charge is -2.23. The third kappa shape index (κ3) is 9.68. The Kier molecular flexibility index (Phi) is 10.1. The Hall–Kier alpha value is -3.56. The van der Waals surface area contributed by atoms with Crippen LogP contribution in [-0.2, 0) is 4.74 Å². The Labute approximate surface area is 206 Å². The molecule has 0 radical (unpaired) electrons. The summed E-state index contributed by atoms with van der Waals surface area (Å²) >= 11 is 0. The number of benzene rings is 1. The number of nitrogens with two attached hydrogens (primary N) is 2. The average molecular weight is 487 g/mol. The van der Waals surface area contributed by atoms with E-state index in [0.717, 1.165) is 6.42 Å². The van der Waals surface area contributed by atoms with E-state index in [9.17, 15) is 9.59 Å². The van der Waals surface area contributed by atoms with Gasteiger partial charge in [0.2, 0.25) is 5.89 Å². The van der Waals surface area contributed by atoms with Gasteiger partial charge in [-0.25, -0.2) is 9.78 Å². The number of aliphatic imine (C=N–C) groups is 1. The Balaban J connectivity index is 2.26. The highest BCUT2D eigenvalue weighted by molar-refractivity contribution is 5.97. The molecule has 1 unspecified atom stereocenters. The minimum Gasteiger partial charge on any atom is -0.444 e. The molecule has 0 spiro atoms. The number of ether oxygens (including phenoxy) is 1. The molecule has 1 aromatic heterocycles. The van der Waals surface area contributed by atoms with Crippen LogP contribution in [0.25, 0.3) is 11.3 Å². The van der Waals surface area contributed by atoms with Crippen LogP contribution in [-0.4, -0.2) is 41.6 Å². The zero-order valence-corrected chi connectivity index (χ0v) is 21.3. The lowest BCUT2D eigenvalue weighted by Crippen LogP contribution is -2.35. The fraction of sp³-hybridized carbons (Fsp3) is 0.520. The monoisotopic (exact) mass is 486 g/mol. The Morgan fingerprint density at radius 1 is 1.14 bits per heavy atom. The average Bonchev–Trinajstić information content (AvgIpc) is 3.20. The molecule has 0 aliphatic heterocycles. The fourth-order valence-corrected chi connectivity index (χ4v) is 3.30. The maximum absolute atomic E-state index is 13.0. The lowest BCUT2D eigenvalue weighted by molar-refractivity contribution is 0.0489. The van der Waals surface area contributed by atoms with E-state index in [1.807, 2.05) is 44.2 Å². The second kappa shape index (κ2) is 12.8. The second-order valence-corrected chi connectivity index (χ2v) is 9.69. The summed E-state index contributed by atoms with van der Waals surface area (Å²) in [5.41, 5.74) is 10.9. The van der Waals surface area contributed by atoms with Crippen molar-refractivity contribution in [3.63, 3.8) is 0 Å². The van der Waals surface area contributed by atoms with Crippen molar-refractivity contribution in [1.29, 1.82) is 0 Å². The summed E-state index contributed by atoms with van der Waals surface area (Å²) in [6.45, 7) is 10.4. The number of alkyl carbamates (subject to hydrolysis) is 1. The van der Waals surface area contributed by atoms with Crippen molar-refractivity contribution in [3.05, 3.63) is 41.9 Å². The van der Waals surface area contributed by atoms with E-state index in [0.29, 0.717) is 37.3 Å². The molecule has 2 amide bonds. The van der Waals surface area contributed by atoms with Gasteiger partial charge in [-0.15, -0.1) is 0 Å². The highest BCUT2D eigenvalue weighted by Crippen LogP contribution is 2.30. The van der Waals surface area contributed by atoms with Crippen LogP contribution in [0, 0.1) is 5.92 Å². The third-order valence-corrected chi connectivity index (χ3v) is 4.76. The van der Waals surface area contributed by atoms with Crippen molar-refractivity contribution >= 4 is 18.0 Å². The van der Waals surface area contributed by atoms with E-state index in [1.54, 1.807) is 20.8 Å². The van der Waals surface area contributed by atoms with Gasteiger partial charge in [-0.1, -0.05) is 44.2 Å². The molecule has 1 heterocycles. The first-order chi connectivity index (χ1) is 16.5. The quantitative estimate of drug-likeness (QED) is 0.214. The molecule has 2 aromatic rings. The number of aromatic nitrogens is 1. The maximum Gasteiger partial charge on any atom is 0.408 e. The van der Waals surface area contributed by atoms with Crippen molar-refractivity contribution in [2.45, 2.75) is 65.5 Å². The number of unbranched alkanes of at least 4 members (excludes halogenated alkanes) is 1. The fourth-order valence-electron chi connectivity index (χ4n) is 3.30. The number of nitrogens with one attached hydrogen (secondary N) is 2.